The maximum atomic E-state index is 12.0. The molecule has 4 N–H and O–H groups in total. The van der Waals surface area contributed by atoms with Gasteiger partial charge in [0.1, 0.15) is 5.60 Å². The molecule has 1 aromatic rings. The number of rotatable bonds is 2. The molecule has 0 aromatic carbocycles. The van der Waals surface area contributed by atoms with E-state index in [0.717, 1.165) is 25.2 Å². The molecule has 2 heterocycles. The van der Waals surface area contributed by atoms with Gasteiger partial charge in [0.05, 0.1) is 17.6 Å². The molecule has 2 atom stereocenters. The molecule has 2 rings (SSSR count). The summed E-state index contributed by atoms with van der Waals surface area (Å²) in [5.41, 5.74) is 7.15. The van der Waals surface area contributed by atoms with Crippen LogP contribution >= 0.6 is 10.3 Å². The highest BCUT2D eigenvalue weighted by Gasteiger charge is 2.28. The number of nitrogens with one attached hydrogen (secondary N) is 1. The number of nitrogens with zero attached hydrogens (tertiary/aromatic N) is 2. The summed E-state index contributed by atoms with van der Waals surface area (Å²) in [6.07, 6.45) is 7.78. The lowest BCUT2D eigenvalue weighted by atomic mass is 9.95. The van der Waals surface area contributed by atoms with Crippen LogP contribution in [0.5, 0.6) is 0 Å². The zero-order valence-corrected chi connectivity index (χ0v) is 21.0. The number of hydrogen-bond acceptors (Lipinski definition) is 6. The monoisotopic (exact) mass is 442 g/mol. The molecule has 1 aliphatic rings. The van der Waals surface area contributed by atoms with E-state index >= 15 is 0 Å². The molecule has 1 aromatic heterocycles. The summed E-state index contributed by atoms with van der Waals surface area (Å²) >= 11 is 0. The van der Waals surface area contributed by atoms with Gasteiger partial charge in [-0.3, -0.25) is 4.98 Å². The third-order valence-corrected chi connectivity index (χ3v) is 8.04. The fraction of sp³-hybridized carbons (Fsp3) is 0.727. The first-order chi connectivity index (χ1) is 13.5. The second-order valence-electron chi connectivity index (χ2n) is 10.4. The van der Waals surface area contributed by atoms with Crippen LogP contribution in [0.2, 0.25) is 0 Å². The lowest BCUT2D eigenvalue weighted by molar-refractivity contribution is 0.0495. The summed E-state index contributed by atoms with van der Waals surface area (Å²) in [4.78, 5) is 18.2. The van der Waals surface area contributed by atoms with Crippen molar-refractivity contribution in [2.45, 2.75) is 71.3 Å². The summed E-state index contributed by atoms with van der Waals surface area (Å²) in [5.74, 6) is 0.459. The number of ether oxygens (including phenoxy) is 1. The normalized spacial score (nSPS) is 20.7. The van der Waals surface area contributed by atoms with Crippen LogP contribution in [0.3, 0.4) is 0 Å². The highest BCUT2D eigenvalue weighted by molar-refractivity contribution is 8.29. The predicted molar refractivity (Wildman–Crippen MR) is 130 cm³/mol. The lowest BCUT2D eigenvalue weighted by Gasteiger charge is -2.38. The third kappa shape index (κ3) is 9.00. The van der Waals surface area contributed by atoms with Crippen LogP contribution in [0.1, 0.15) is 54.9 Å². The Morgan fingerprint density at radius 2 is 1.83 bits per heavy atom. The summed E-state index contributed by atoms with van der Waals surface area (Å²) in [6, 6.07) is 1.96. The van der Waals surface area contributed by atoms with Gasteiger partial charge in [-0.2, -0.15) is 0 Å². The minimum atomic E-state index is -1.34. The van der Waals surface area contributed by atoms with Crippen molar-refractivity contribution in [1.29, 1.82) is 0 Å². The first-order valence-corrected chi connectivity index (χ1v) is 12.8. The van der Waals surface area contributed by atoms with Crippen molar-refractivity contribution in [3.05, 3.63) is 18.5 Å². The Kier molecular flexibility index (Phi) is 8.87. The number of carbonyl (C=O) groups is 1. The van der Waals surface area contributed by atoms with Gasteiger partial charge >= 0.3 is 6.09 Å². The second-order valence-corrected chi connectivity index (χ2v) is 14.2. The van der Waals surface area contributed by atoms with E-state index in [1.807, 2.05) is 39.3 Å². The largest absolute Gasteiger partial charge is 0.444 e. The molecule has 0 radical (unpaired) electrons. The van der Waals surface area contributed by atoms with Crippen molar-refractivity contribution in [2.75, 3.05) is 36.2 Å². The number of anilines is 2. The molecule has 1 aliphatic heterocycles. The number of alkyl carbamates (subject to hydrolysis) is 1. The number of piperidine rings is 1. The van der Waals surface area contributed by atoms with E-state index < -0.39 is 15.9 Å². The number of carbonyl (C=O) groups excluding carboxylic acids is 1. The average Bonchev–Trinajstić information content (AvgIpc) is 2.51. The summed E-state index contributed by atoms with van der Waals surface area (Å²) in [6.45, 7) is 15.6. The van der Waals surface area contributed by atoms with Crippen molar-refractivity contribution in [3.63, 3.8) is 0 Å². The number of pyridine rings is 1. The molecule has 30 heavy (non-hydrogen) atoms. The van der Waals surface area contributed by atoms with Gasteiger partial charge in [0.2, 0.25) is 0 Å². The third-order valence-electron chi connectivity index (χ3n) is 5.05. The van der Waals surface area contributed by atoms with Gasteiger partial charge in [0.25, 0.3) is 0 Å². The van der Waals surface area contributed by atoms with Crippen LogP contribution in [-0.4, -0.2) is 57.6 Å². The van der Waals surface area contributed by atoms with Gasteiger partial charge in [0.15, 0.2) is 0 Å². The summed E-state index contributed by atoms with van der Waals surface area (Å²) in [5, 5.41) is 2.97. The quantitative estimate of drug-likeness (QED) is 0.612. The van der Waals surface area contributed by atoms with Crippen LogP contribution in [0.25, 0.3) is 0 Å². The zero-order valence-electron chi connectivity index (χ0n) is 20.2. The molecule has 0 bridgehead atoms. The lowest BCUT2D eigenvalue weighted by Crippen LogP contribution is -2.51. The molecule has 1 fully saturated rings. The fourth-order valence-corrected chi connectivity index (χ4v) is 2.81. The van der Waals surface area contributed by atoms with Gasteiger partial charge in [-0.05, 0) is 51.7 Å². The number of hydrogen-bond donors (Lipinski definition) is 3. The highest BCUT2D eigenvalue weighted by Crippen LogP contribution is 2.48. The summed E-state index contributed by atoms with van der Waals surface area (Å²) < 4.78 is 14.9. The molecule has 1 amide bonds. The molecule has 8 heteroatoms. The topological polar surface area (TPSA) is 101 Å². The molecule has 7 nitrogen and oxygen atoms in total. The predicted octanol–water partition coefficient (Wildman–Crippen LogP) is 4.73. The number of amides is 1. The molecule has 2 unspecified atom stereocenters. The first kappa shape index (κ1) is 26.4. The minimum absolute atomic E-state index is 0.0474. The van der Waals surface area contributed by atoms with E-state index in [2.05, 4.69) is 42.9 Å². The van der Waals surface area contributed by atoms with Crippen LogP contribution in [0.4, 0.5) is 16.2 Å². The SMILES string of the molecule is CC(C)(C)S(C)(C)O.CC1CC(NC(=O)OC(C)(C)C)CN(c2ccncc2N)C1. The van der Waals surface area contributed by atoms with Crippen molar-refractivity contribution < 1.29 is 14.1 Å². The highest BCUT2D eigenvalue weighted by atomic mass is 32.3. The zero-order chi connectivity index (χ0) is 23.3. The standard InChI is InChI=1S/C16H26N4O2.C6H16OS/c1-11-7-12(19-15(21)22-16(2,3)4)10-20(9-11)14-5-6-18-8-13(14)17;1-6(2,3)8(4,5)7/h5-6,8,11-12H,7,9-10,17H2,1-4H3,(H,19,21);7H,1-5H3. The van der Waals surface area contributed by atoms with Crippen LogP contribution in [0, 0.1) is 5.92 Å². The van der Waals surface area contributed by atoms with E-state index in [1.54, 1.807) is 12.4 Å². The van der Waals surface area contributed by atoms with Gasteiger partial charge in [-0.25, -0.2) is 4.79 Å². The Morgan fingerprint density at radius 3 is 2.30 bits per heavy atom. The second kappa shape index (κ2) is 10.1. The van der Waals surface area contributed by atoms with Crippen molar-refractivity contribution in [1.82, 2.24) is 10.3 Å². The average molecular weight is 443 g/mol. The van der Waals surface area contributed by atoms with Gasteiger partial charge in [0, 0.05) is 30.1 Å². The Balaban J connectivity index is 0.000000479. The Morgan fingerprint density at radius 1 is 1.27 bits per heavy atom. The molecular formula is C22H42N4O3S. The smallest absolute Gasteiger partial charge is 0.407 e. The molecule has 0 spiro atoms. The number of nitrogens with two attached hydrogens (primary N) is 1. The Labute approximate surface area is 184 Å². The summed E-state index contributed by atoms with van der Waals surface area (Å²) in [7, 11) is -1.34. The van der Waals surface area contributed by atoms with E-state index in [4.69, 9.17) is 10.5 Å². The molecule has 1 saturated heterocycles. The molecule has 0 aliphatic carbocycles. The van der Waals surface area contributed by atoms with Crippen molar-refractivity contribution in [3.8, 4) is 0 Å². The van der Waals surface area contributed by atoms with Crippen LogP contribution in [0.15, 0.2) is 18.5 Å². The van der Waals surface area contributed by atoms with Crippen molar-refractivity contribution in [2.24, 2.45) is 5.92 Å². The maximum Gasteiger partial charge on any atom is 0.407 e. The number of nitrogen functional groups attached to an aromatic ring is 1. The van der Waals surface area contributed by atoms with Crippen molar-refractivity contribution >= 4 is 27.8 Å². The van der Waals surface area contributed by atoms with E-state index in [-0.39, 0.29) is 16.9 Å². The molecular weight excluding hydrogens is 400 g/mol. The van der Waals surface area contributed by atoms with Crippen LogP contribution < -0.4 is 16.0 Å². The van der Waals surface area contributed by atoms with Gasteiger partial charge in [-0.15, -0.1) is 10.3 Å². The van der Waals surface area contributed by atoms with Gasteiger partial charge < -0.3 is 25.2 Å². The maximum absolute atomic E-state index is 12.0. The Hall–Kier alpha value is -1.67. The van der Waals surface area contributed by atoms with Crippen LogP contribution in [-0.2, 0) is 4.74 Å². The van der Waals surface area contributed by atoms with E-state index in [9.17, 15) is 9.35 Å². The Bertz CT molecular complexity index is 681. The van der Waals surface area contributed by atoms with Gasteiger partial charge in [-0.1, -0.05) is 27.7 Å². The van der Waals surface area contributed by atoms with E-state index in [0.29, 0.717) is 11.6 Å². The molecule has 174 valence electrons. The van der Waals surface area contributed by atoms with E-state index in [1.165, 1.54) is 0 Å². The number of aromatic nitrogens is 1. The molecule has 0 saturated carbocycles. The minimum Gasteiger partial charge on any atom is -0.444 e. The fourth-order valence-electron chi connectivity index (χ4n) is 2.81. The first-order valence-electron chi connectivity index (χ1n) is 10.4.